The Morgan fingerprint density at radius 2 is 1.70 bits per heavy atom. The van der Waals surface area contributed by atoms with Crippen molar-refractivity contribution in [3.8, 4) is 0 Å². The maximum absolute atomic E-state index is 12.7. The van der Waals surface area contributed by atoms with Crippen LogP contribution in [0.2, 0.25) is 10.0 Å². The Labute approximate surface area is 201 Å². The van der Waals surface area contributed by atoms with E-state index < -0.39 is 22.1 Å². The Hall–Kier alpha value is -3.20. The molecule has 0 aliphatic heterocycles. The zero-order chi connectivity index (χ0) is 23.6. The lowest BCUT2D eigenvalue weighted by Crippen LogP contribution is -2.31. The van der Waals surface area contributed by atoms with E-state index in [9.17, 15) is 13.2 Å². The summed E-state index contributed by atoms with van der Waals surface area (Å²) in [6.45, 7) is 1.78. The number of H-pyrrole nitrogens is 1. The summed E-state index contributed by atoms with van der Waals surface area (Å²) >= 11 is 12.2. The predicted molar refractivity (Wildman–Crippen MR) is 133 cm³/mol. The van der Waals surface area contributed by atoms with Crippen molar-refractivity contribution < 1.29 is 13.2 Å². The lowest BCUT2D eigenvalue weighted by Gasteiger charge is -2.17. The average molecular weight is 503 g/mol. The molecule has 10 heteroatoms. The fourth-order valence-electron chi connectivity index (χ4n) is 3.34. The molecule has 1 atom stereocenters. The second kappa shape index (κ2) is 9.35. The Morgan fingerprint density at radius 1 is 0.970 bits per heavy atom. The number of carbonyl (C=O) groups is 1. The van der Waals surface area contributed by atoms with Gasteiger partial charge in [-0.25, -0.2) is 13.2 Å². The van der Waals surface area contributed by atoms with Gasteiger partial charge in [0.1, 0.15) is 0 Å². The molecule has 1 heterocycles. The molecule has 7 nitrogen and oxygen atoms in total. The highest BCUT2D eigenvalue weighted by Crippen LogP contribution is 2.30. The molecule has 2 amide bonds. The third-order valence-electron chi connectivity index (χ3n) is 5.02. The molecule has 0 aliphatic carbocycles. The Bertz CT molecular complexity index is 1420. The number of carbonyl (C=O) groups excluding carboxylic acids is 1. The lowest BCUT2D eigenvalue weighted by atomic mass is 10.1. The van der Waals surface area contributed by atoms with Crippen LogP contribution in [0.5, 0.6) is 0 Å². The molecule has 0 radical (unpaired) electrons. The van der Waals surface area contributed by atoms with Crippen LogP contribution >= 0.6 is 23.2 Å². The molecule has 0 fully saturated rings. The van der Waals surface area contributed by atoms with Gasteiger partial charge in [-0.05, 0) is 67.1 Å². The normalized spacial score (nSPS) is 12.3. The van der Waals surface area contributed by atoms with Gasteiger partial charge in [-0.1, -0.05) is 35.3 Å². The summed E-state index contributed by atoms with van der Waals surface area (Å²) in [6, 6.07) is 17.3. The fraction of sp³-hybridized carbons (Fsp3) is 0.0870. The molecule has 0 unspecified atom stereocenters. The molecular weight excluding hydrogens is 483 g/mol. The summed E-state index contributed by atoms with van der Waals surface area (Å²) in [6.07, 6.45) is 1.79. The van der Waals surface area contributed by atoms with Gasteiger partial charge in [0.15, 0.2) is 0 Å². The lowest BCUT2D eigenvalue weighted by molar-refractivity contribution is 0.249. The minimum Gasteiger partial charge on any atom is -0.361 e. The smallest absolute Gasteiger partial charge is 0.319 e. The zero-order valence-corrected chi connectivity index (χ0v) is 19.7. The third-order valence-corrected chi connectivity index (χ3v) is 7.25. The molecule has 170 valence electrons. The number of hydrogen-bond acceptors (Lipinski definition) is 3. The Morgan fingerprint density at radius 3 is 2.45 bits per heavy atom. The topological polar surface area (TPSA) is 103 Å². The van der Waals surface area contributed by atoms with Crippen molar-refractivity contribution in [1.82, 2.24) is 10.3 Å². The number of fused-ring (bicyclic) bond motifs is 1. The zero-order valence-electron chi connectivity index (χ0n) is 17.4. The van der Waals surface area contributed by atoms with Crippen LogP contribution in [0.15, 0.2) is 77.8 Å². The summed E-state index contributed by atoms with van der Waals surface area (Å²) in [7, 11) is -3.79. The second-order valence-electron chi connectivity index (χ2n) is 7.37. The van der Waals surface area contributed by atoms with Crippen LogP contribution in [0.25, 0.3) is 10.9 Å². The van der Waals surface area contributed by atoms with E-state index in [1.54, 1.807) is 49.5 Å². The minimum atomic E-state index is -3.79. The SMILES string of the molecule is C[C@H](NC(=O)Nc1ccc(S(=O)(=O)Nc2ccc3[nH]ccc3c2)cc1)c1cccc(Cl)c1Cl. The molecule has 33 heavy (non-hydrogen) atoms. The van der Waals surface area contributed by atoms with Gasteiger partial charge in [0.05, 0.1) is 21.0 Å². The van der Waals surface area contributed by atoms with E-state index in [-0.39, 0.29) is 4.90 Å². The largest absolute Gasteiger partial charge is 0.361 e. The van der Waals surface area contributed by atoms with Crippen molar-refractivity contribution in [3.05, 3.63) is 88.5 Å². The van der Waals surface area contributed by atoms with Crippen molar-refractivity contribution in [1.29, 1.82) is 0 Å². The van der Waals surface area contributed by atoms with Gasteiger partial charge in [-0.15, -0.1) is 0 Å². The maximum atomic E-state index is 12.7. The van der Waals surface area contributed by atoms with Gasteiger partial charge in [0, 0.05) is 28.5 Å². The van der Waals surface area contributed by atoms with Crippen molar-refractivity contribution in [3.63, 3.8) is 0 Å². The number of halogens is 2. The first-order chi connectivity index (χ1) is 15.7. The number of urea groups is 1. The first-order valence-electron chi connectivity index (χ1n) is 9.94. The van der Waals surface area contributed by atoms with E-state index >= 15 is 0 Å². The maximum Gasteiger partial charge on any atom is 0.319 e. The molecule has 0 bridgehead atoms. The number of rotatable bonds is 6. The van der Waals surface area contributed by atoms with Gasteiger partial charge in [0.25, 0.3) is 10.0 Å². The van der Waals surface area contributed by atoms with Crippen LogP contribution in [-0.4, -0.2) is 19.4 Å². The molecule has 0 spiro atoms. The number of benzene rings is 3. The number of aromatic nitrogens is 1. The molecule has 0 saturated heterocycles. The van der Waals surface area contributed by atoms with Gasteiger partial charge in [-0.2, -0.15) is 0 Å². The standard InChI is InChI=1S/C23H20Cl2N4O3S/c1-14(19-3-2-4-20(24)22(19)25)27-23(30)28-16-5-8-18(9-6-16)33(31,32)29-17-7-10-21-15(13-17)11-12-26-21/h2-14,26,29H,1H3,(H2,27,28,30)/t14-/m0/s1. The fourth-order valence-corrected chi connectivity index (χ4v) is 4.87. The van der Waals surface area contributed by atoms with Gasteiger partial charge >= 0.3 is 6.03 Å². The third kappa shape index (κ3) is 5.24. The monoisotopic (exact) mass is 502 g/mol. The molecular formula is C23H20Cl2N4O3S. The number of hydrogen-bond donors (Lipinski definition) is 4. The van der Waals surface area contributed by atoms with Crippen LogP contribution in [0.3, 0.4) is 0 Å². The minimum absolute atomic E-state index is 0.0710. The van der Waals surface area contributed by atoms with Crippen LogP contribution in [0.1, 0.15) is 18.5 Å². The predicted octanol–water partition coefficient (Wildman–Crippen LogP) is 6.16. The van der Waals surface area contributed by atoms with E-state index in [4.69, 9.17) is 23.2 Å². The van der Waals surface area contributed by atoms with E-state index in [1.807, 2.05) is 6.07 Å². The molecule has 3 aromatic carbocycles. The van der Waals surface area contributed by atoms with Crippen molar-refractivity contribution in [2.24, 2.45) is 0 Å². The van der Waals surface area contributed by atoms with E-state index in [2.05, 4.69) is 20.3 Å². The van der Waals surface area contributed by atoms with Gasteiger partial charge in [0.2, 0.25) is 0 Å². The van der Waals surface area contributed by atoms with Crippen LogP contribution in [0, 0.1) is 0 Å². The summed E-state index contributed by atoms with van der Waals surface area (Å²) in [5.41, 5.74) is 2.49. The number of aromatic amines is 1. The quantitative estimate of drug-likeness (QED) is 0.253. The van der Waals surface area contributed by atoms with Crippen molar-refractivity contribution in [2.75, 3.05) is 10.0 Å². The molecule has 1 aromatic heterocycles. The molecule has 4 aromatic rings. The Balaban J connectivity index is 1.40. The van der Waals surface area contributed by atoms with Gasteiger partial charge in [-0.3, -0.25) is 4.72 Å². The van der Waals surface area contributed by atoms with Crippen LogP contribution in [-0.2, 0) is 10.0 Å². The number of anilines is 2. The number of nitrogens with one attached hydrogen (secondary N) is 4. The second-order valence-corrected chi connectivity index (χ2v) is 9.84. The van der Waals surface area contributed by atoms with Crippen LogP contribution < -0.4 is 15.4 Å². The highest BCUT2D eigenvalue weighted by Gasteiger charge is 2.16. The molecule has 0 aliphatic rings. The molecule has 0 saturated carbocycles. The highest BCUT2D eigenvalue weighted by molar-refractivity contribution is 7.92. The van der Waals surface area contributed by atoms with E-state index in [0.29, 0.717) is 27.0 Å². The highest BCUT2D eigenvalue weighted by atomic mass is 35.5. The molecule has 4 N–H and O–H groups in total. The molecule has 4 rings (SSSR count). The summed E-state index contributed by atoms with van der Waals surface area (Å²) in [4.78, 5) is 15.5. The van der Waals surface area contributed by atoms with Crippen LogP contribution in [0.4, 0.5) is 16.2 Å². The number of amides is 2. The average Bonchev–Trinajstić information content (AvgIpc) is 3.23. The first kappa shape index (κ1) is 23.0. The number of sulfonamides is 1. The van der Waals surface area contributed by atoms with Gasteiger partial charge < -0.3 is 15.6 Å². The van der Waals surface area contributed by atoms with Crippen molar-refractivity contribution in [2.45, 2.75) is 17.9 Å². The summed E-state index contributed by atoms with van der Waals surface area (Å²) in [5, 5.41) is 7.13. The van der Waals surface area contributed by atoms with E-state index in [0.717, 1.165) is 10.9 Å². The van der Waals surface area contributed by atoms with Crippen molar-refractivity contribution >= 4 is 61.5 Å². The summed E-state index contributed by atoms with van der Waals surface area (Å²) in [5.74, 6) is 0. The van der Waals surface area contributed by atoms with E-state index in [1.165, 1.54) is 24.3 Å². The Kier molecular flexibility index (Phi) is 6.51. The summed E-state index contributed by atoms with van der Waals surface area (Å²) < 4.78 is 28.0. The first-order valence-corrected chi connectivity index (χ1v) is 12.2.